The summed E-state index contributed by atoms with van der Waals surface area (Å²) in [6, 6.07) is 0. The maximum absolute atomic E-state index is 10.7. The molecule has 2 fully saturated rings. The van der Waals surface area contributed by atoms with Crippen molar-refractivity contribution in [2.45, 2.75) is 25.3 Å². The number of likely N-dealkylation sites (N-methyl/N-ethyl adjacent to an activating group) is 1. The number of piperazine rings is 1. The van der Waals surface area contributed by atoms with E-state index in [0.717, 1.165) is 48.3 Å². The highest BCUT2D eigenvalue weighted by Crippen LogP contribution is 2.43. The normalized spacial score (nSPS) is 21.2. The summed E-state index contributed by atoms with van der Waals surface area (Å²) >= 11 is 1.65. The van der Waals surface area contributed by atoms with Gasteiger partial charge in [-0.1, -0.05) is 0 Å². The third kappa shape index (κ3) is 3.90. The molecule has 2 heterocycles. The zero-order valence-electron chi connectivity index (χ0n) is 12.3. The van der Waals surface area contributed by atoms with E-state index in [0.29, 0.717) is 5.92 Å². The third-order valence-electron chi connectivity index (χ3n) is 4.02. The fourth-order valence-corrected chi connectivity index (χ4v) is 3.67. The Bertz CT molecular complexity index is 543. The standard InChI is InChI=1S/C15H21N3O2S/c1-17-6-8-18(9-7-17)10-13-16-15(11-2-3-11)12(21-13)4-5-14(19)20/h4-5,11H,2-3,6-10H2,1H3,(H,19,20)/b5-4+. The van der Waals surface area contributed by atoms with Gasteiger partial charge in [0.2, 0.25) is 0 Å². The second kappa shape index (κ2) is 6.25. The summed E-state index contributed by atoms with van der Waals surface area (Å²) in [6.07, 6.45) is 5.30. The summed E-state index contributed by atoms with van der Waals surface area (Å²) < 4.78 is 0. The summed E-state index contributed by atoms with van der Waals surface area (Å²) in [6.45, 7) is 5.25. The summed E-state index contributed by atoms with van der Waals surface area (Å²) in [5.41, 5.74) is 1.11. The number of aromatic nitrogens is 1. The van der Waals surface area contributed by atoms with Crippen LogP contribution in [-0.4, -0.2) is 59.1 Å². The highest BCUT2D eigenvalue weighted by atomic mass is 32.1. The van der Waals surface area contributed by atoms with E-state index >= 15 is 0 Å². The summed E-state index contributed by atoms with van der Waals surface area (Å²) in [4.78, 5) is 21.3. The van der Waals surface area contributed by atoms with E-state index in [1.807, 2.05) is 0 Å². The Balaban J connectivity index is 1.70. The molecule has 0 amide bonds. The lowest BCUT2D eigenvalue weighted by Crippen LogP contribution is -2.43. The third-order valence-corrected chi connectivity index (χ3v) is 5.04. The number of thiazole rings is 1. The van der Waals surface area contributed by atoms with Gasteiger partial charge in [0.25, 0.3) is 0 Å². The Hall–Kier alpha value is -1.24. The molecule has 6 heteroatoms. The van der Waals surface area contributed by atoms with Gasteiger partial charge in [-0.05, 0) is 26.0 Å². The Morgan fingerprint density at radius 2 is 2.10 bits per heavy atom. The molecule has 1 saturated heterocycles. The van der Waals surface area contributed by atoms with Crippen molar-refractivity contribution in [3.05, 3.63) is 21.7 Å². The van der Waals surface area contributed by atoms with Gasteiger partial charge in [0.05, 0.1) is 17.1 Å². The average Bonchev–Trinajstić information content (AvgIpc) is 3.21. The van der Waals surface area contributed by atoms with Crippen molar-refractivity contribution >= 4 is 23.4 Å². The summed E-state index contributed by atoms with van der Waals surface area (Å²) in [7, 11) is 2.15. The topological polar surface area (TPSA) is 56.7 Å². The summed E-state index contributed by atoms with van der Waals surface area (Å²) in [5.74, 6) is -0.346. The molecular weight excluding hydrogens is 286 g/mol. The minimum atomic E-state index is -0.897. The van der Waals surface area contributed by atoms with Crippen LogP contribution in [0.2, 0.25) is 0 Å². The van der Waals surface area contributed by atoms with E-state index in [9.17, 15) is 4.79 Å². The van der Waals surface area contributed by atoms with E-state index in [2.05, 4.69) is 16.8 Å². The first kappa shape index (κ1) is 14.7. The van der Waals surface area contributed by atoms with Crippen molar-refractivity contribution in [2.24, 2.45) is 0 Å². The van der Waals surface area contributed by atoms with Gasteiger partial charge in [-0.15, -0.1) is 11.3 Å². The molecule has 1 saturated carbocycles. The van der Waals surface area contributed by atoms with Crippen LogP contribution in [0.15, 0.2) is 6.08 Å². The first-order chi connectivity index (χ1) is 10.1. The molecule has 21 heavy (non-hydrogen) atoms. The zero-order chi connectivity index (χ0) is 14.8. The number of carboxylic acids is 1. The number of hydrogen-bond donors (Lipinski definition) is 1. The van der Waals surface area contributed by atoms with Crippen LogP contribution < -0.4 is 0 Å². The Labute approximate surface area is 128 Å². The largest absolute Gasteiger partial charge is 0.478 e. The molecule has 3 rings (SSSR count). The van der Waals surface area contributed by atoms with Gasteiger partial charge in [-0.2, -0.15) is 0 Å². The molecule has 2 aliphatic rings. The van der Waals surface area contributed by atoms with Crippen LogP contribution in [0.25, 0.3) is 6.08 Å². The van der Waals surface area contributed by atoms with Gasteiger partial charge in [0.1, 0.15) is 5.01 Å². The lowest BCUT2D eigenvalue weighted by Gasteiger charge is -2.31. The van der Waals surface area contributed by atoms with Gasteiger partial charge in [-0.25, -0.2) is 9.78 Å². The zero-order valence-corrected chi connectivity index (χ0v) is 13.1. The molecule has 0 aromatic carbocycles. The molecule has 1 aliphatic carbocycles. The number of rotatable bonds is 5. The SMILES string of the molecule is CN1CCN(Cc2nc(C3CC3)c(/C=C/C(=O)O)s2)CC1. The van der Waals surface area contributed by atoms with Crippen LogP contribution in [0.4, 0.5) is 0 Å². The second-order valence-corrected chi connectivity index (χ2v) is 7.00. The molecule has 0 radical (unpaired) electrons. The monoisotopic (exact) mass is 307 g/mol. The van der Waals surface area contributed by atoms with Crippen molar-refractivity contribution < 1.29 is 9.90 Å². The van der Waals surface area contributed by atoms with E-state index in [1.54, 1.807) is 17.4 Å². The van der Waals surface area contributed by atoms with E-state index in [-0.39, 0.29) is 0 Å². The first-order valence-corrected chi connectivity index (χ1v) is 8.25. The van der Waals surface area contributed by atoms with Gasteiger partial charge in [0.15, 0.2) is 0 Å². The fraction of sp³-hybridized carbons (Fsp3) is 0.600. The second-order valence-electron chi connectivity index (χ2n) is 5.88. The van der Waals surface area contributed by atoms with Gasteiger partial charge >= 0.3 is 5.97 Å². The molecule has 1 N–H and O–H groups in total. The fourth-order valence-electron chi connectivity index (χ4n) is 2.57. The molecule has 5 nitrogen and oxygen atoms in total. The molecule has 0 bridgehead atoms. The van der Waals surface area contributed by atoms with Crippen LogP contribution in [0, 0.1) is 0 Å². The number of carbonyl (C=O) groups is 1. The maximum atomic E-state index is 10.7. The molecule has 1 aromatic heterocycles. The molecule has 1 aromatic rings. The average molecular weight is 307 g/mol. The van der Waals surface area contributed by atoms with Gasteiger partial charge < -0.3 is 10.0 Å². The predicted octanol–water partition coefficient (Wildman–Crippen LogP) is 1.87. The number of carboxylic acid groups (broad SMARTS) is 1. The van der Waals surface area contributed by atoms with Gasteiger partial charge in [0, 0.05) is 38.2 Å². The van der Waals surface area contributed by atoms with Crippen LogP contribution in [0.5, 0.6) is 0 Å². The lowest BCUT2D eigenvalue weighted by atomic mass is 10.2. The summed E-state index contributed by atoms with van der Waals surface area (Å²) in [5, 5.41) is 9.91. The Morgan fingerprint density at radius 3 is 2.71 bits per heavy atom. The van der Waals surface area contributed by atoms with Crippen LogP contribution in [0.1, 0.15) is 34.3 Å². The number of aliphatic carboxylic acids is 1. The maximum Gasteiger partial charge on any atom is 0.328 e. The smallest absolute Gasteiger partial charge is 0.328 e. The minimum absolute atomic E-state index is 0.552. The molecule has 0 atom stereocenters. The molecular formula is C15H21N3O2S. The Morgan fingerprint density at radius 1 is 1.38 bits per heavy atom. The van der Waals surface area contributed by atoms with Gasteiger partial charge in [-0.3, -0.25) is 4.90 Å². The number of hydrogen-bond acceptors (Lipinski definition) is 5. The van der Waals surface area contributed by atoms with Crippen molar-refractivity contribution in [1.29, 1.82) is 0 Å². The highest BCUT2D eigenvalue weighted by molar-refractivity contribution is 7.12. The van der Waals surface area contributed by atoms with Crippen LogP contribution in [0.3, 0.4) is 0 Å². The molecule has 0 spiro atoms. The minimum Gasteiger partial charge on any atom is -0.478 e. The predicted molar refractivity (Wildman–Crippen MR) is 83.5 cm³/mol. The molecule has 114 valence electrons. The first-order valence-electron chi connectivity index (χ1n) is 7.43. The van der Waals surface area contributed by atoms with E-state index in [4.69, 9.17) is 10.1 Å². The van der Waals surface area contributed by atoms with Crippen LogP contribution in [-0.2, 0) is 11.3 Å². The van der Waals surface area contributed by atoms with Crippen molar-refractivity contribution in [1.82, 2.24) is 14.8 Å². The molecule has 0 unspecified atom stereocenters. The quantitative estimate of drug-likeness (QED) is 0.842. The van der Waals surface area contributed by atoms with E-state index < -0.39 is 5.97 Å². The molecule has 1 aliphatic heterocycles. The van der Waals surface area contributed by atoms with E-state index in [1.165, 1.54) is 18.9 Å². The Kier molecular flexibility index (Phi) is 4.37. The van der Waals surface area contributed by atoms with Crippen LogP contribution >= 0.6 is 11.3 Å². The van der Waals surface area contributed by atoms with Crippen molar-refractivity contribution in [2.75, 3.05) is 33.2 Å². The van der Waals surface area contributed by atoms with Crippen molar-refractivity contribution in [3.63, 3.8) is 0 Å². The highest BCUT2D eigenvalue weighted by Gasteiger charge is 2.29. The lowest BCUT2D eigenvalue weighted by molar-refractivity contribution is -0.131. The van der Waals surface area contributed by atoms with Crippen molar-refractivity contribution in [3.8, 4) is 0 Å². The number of nitrogens with zero attached hydrogens (tertiary/aromatic N) is 3.